The molecule has 1 aromatic carbocycles. The minimum absolute atomic E-state index is 0.233. The molecule has 0 atom stereocenters. The zero-order valence-corrected chi connectivity index (χ0v) is 13.6. The summed E-state index contributed by atoms with van der Waals surface area (Å²) in [5.74, 6) is 5.80. The lowest BCUT2D eigenvalue weighted by molar-refractivity contribution is 0.223. The molecule has 0 radical (unpaired) electrons. The second-order valence-electron chi connectivity index (χ2n) is 3.91. The molecule has 0 aromatic heterocycles. The van der Waals surface area contributed by atoms with Crippen LogP contribution in [-0.4, -0.2) is 19.8 Å². The van der Waals surface area contributed by atoms with Gasteiger partial charge in [0, 0.05) is 5.56 Å². The molecular weight excluding hydrogens is 287 g/mol. The molecule has 0 aliphatic heterocycles. The summed E-state index contributed by atoms with van der Waals surface area (Å²) < 4.78 is 28.6. The highest BCUT2D eigenvalue weighted by atomic mass is 31.2. The van der Waals surface area contributed by atoms with Gasteiger partial charge in [0.05, 0.1) is 19.8 Å². The summed E-state index contributed by atoms with van der Waals surface area (Å²) >= 11 is 0. The van der Waals surface area contributed by atoms with Crippen LogP contribution in [0.2, 0.25) is 0 Å². The van der Waals surface area contributed by atoms with E-state index in [1.54, 1.807) is 13.8 Å². The Bertz CT molecular complexity index is 545. The molecule has 0 unspecified atom stereocenters. The maximum Gasteiger partial charge on any atom is 0.372 e. The fourth-order valence-electron chi connectivity index (χ4n) is 1.50. The van der Waals surface area contributed by atoms with E-state index in [4.69, 9.17) is 13.8 Å². The minimum Gasteiger partial charge on any atom is -0.500 e. The van der Waals surface area contributed by atoms with Crippen molar-refractivity contribution in [2.24, 2.45) is 0 Å². The number of rotatable bonds is 7. The minimum atomic E-state index is -3.43. The van der Waals surface area contributed by atoms with Crippen molar-refractivity contribution < 1.29 is 18.3 Å². The average molecular weight is 308 g/mol. The third kappa shape index (κ3) is 5.77. The van der Waals surface area contributed by atoms with E-state index < -0.39 is 7.60 Å². The Balaban J connectivity index is 3.11. The topological polar surface area (TPSA) is 44.8 Å². The van der Waals surface area contributed by atoms with Gasteiger partial charge in [0.2, 0.25) is 0 Å². The van der Waals surface area contributed by atoms with E-state index >= 15 is 0 Å². The molecule has 0 fully saturated rings. The SMILES string of the molecule is CCO/C=C(\C#Cc1ccccc1)P(=O)(OCC)OCC. The molecular formula is C16H21O4P. The van der Waals surface area contributed by atoms with Crippen LogP contribution >= 0.6 is 7.60 Å². The number of hydrogen-bond donors (Lipinski definition) is 0. The van der Waals surface area contributed by atoms with Gasteiger partial charge in [-0.1, -0.05) is 24.1 Å². The highest BCUT2D eigenvalue weighted by molar-refractivity contribution is 7.58. The first kappa shape index (κ1) is 17.5. The molecule has 0 spiro atoms. The lowest BCUT2D eigenvalue weighted by atomic mass is 10.2. The molecule has 0 saturated heterocycles. The molecule has 0 aliphatic carbocycles. The number of hydrogen-bond acceptors (Lipinski definition) is 4. The van der Waals surface area contributed by atoms with Gasteiger partial charge < -0.3 is 13.8 Å². The summed E-state index contributed by atoms with van der Waals surface area (Å²) in [5, 5.41) is 0.233. The summed E-state index contributed by atoms with van der Waals surface area (Å²) in [4.78, 5) is 0. The predicted molar refractivity (Wildman–Crippen MR) is 83.9 cm³/mol. The quantitative estimate of drug-likeness (QED) is 0.430. The highest BCUT2D eigenvalue weighted by Crippen LogP contribution is 2.55. The van der Waals surface area contributed by atoms with E-state index in [0.29, 0.717) is 6.61 Å². The van der Waals surface area contributed by atoms with Crippen molar-refractivity contribution in [2.75, 3.05) is 19.8 Å². The summed E-state index contributed by atoms with van der Waals surface area (Å²) in [5.41, 5.74) is 0.819. The van der Waals surface area contributed by atoms with Crippen LogP contribution < -0.4 is 0 Å². The zero-order chi connectivity index (χ0) is 15.6. The van der Waals surface area contributed by atoms with Crippen LogP contribution in [0.3, 0.4) is 0 Å². The summed E-state index contributed by atoms with van der Waals surface area (Å²) in [6.45, 7) is 6.35. The van der Waals surface area contributed by atoms with Crippen molar-refractivity contribution in [3.63, 3.8) is 0 Å². The van der Waals surface area contributed by atoms with E-state index in [1.807, 2.05) is 37.3 Å². The summed E-state index contributed by atoms with van der Waals surface area (Å²) in [6, 6.07) is 9.43. The Kier molecular flexibility index (Phi) is 7.85. The third-order valence-corrected chi connectivity index (χ3v) is 4.37. The second-order valence-corrected chi connectivity index (χ2v) is 5.90. The Morgan fingerprint density at radius 3 is 2.24 bits per heavy atom. The first-order valence-corrected chi connectivity index (χ1v) is 8.49. The van der Waals surface area contributed by atoms with E-state index in [0.717, 1.165) is 5.56 Å². The predicted octanol–water partition coefficient (Wildman–Crippen LogP) is 4.18. The number of allylic oxidation sites excluding steroid dienone is 1. The van der Waals surface area contributed by atoms with Crippen molar-refractivity contribution in [3.05, 3.63) is 47.5 Å². The standard InChI is InChI=1S/C16H21O4P/c1-4-18-14-16(21(17,19-5-2)20-6-3)13-12-15-10-8-7-9-11-15/h7-11,14H,4-6H2,1-3H3/b16-14+. The lowest BCUT2D eigenvalue weighted by Gasteiger charge is -2.16. The smallest absolute Gasteiger partial charge is 0.372 e. The molecule has 114 valence electrons. The van der Waals surface area contributed by atoms with Crippen molar-refractivity contribution in [1.29, 1.82) is 0 Å². The highest BCUT2D eigenvalue weighted by Gasteiger charge is 2.29. The van der Waals surface area contributed by atoms with Crippen molar-refractivity contribution in [3.8, 4) is 11.8 Å². The Morgan fingerprint density at radius 1 is 1.10 bits per heavy atom. The van der Waals surface area contributed by atoms with Crippen LogP contribution in [0, 0.1) is 11.8 Å². The third-order valence-electron chi connectivity index (χ3n) is 2.36. The van der Waals surface area contributed by atoms with Crippen molar-refractivity contribution >= 4 is 7.60 Å². The average Bonchev–Trinajstić information content (AvgIpc) is 2.48. The Morgan fingerprint density at radius 2 is 1.71 bits per heavy atom. The largest absolute Gasteiger partial charge is 0.500 e. The molecule has 0 N–H and O–H groups in total. The molecule has 0 bridgehead atoms. The van der Waals surface area contributed by atoms with E-state index in [-0.39, 0.29) is 18.5 Å². The summed E-state index contributed by atoms with van der Waals surface area (Å²) in [7, 11) is -3.43. The van der Waals surface area contributed by atoms with Crippen LogP contribution in [0.25, 0.3) is 0 Å². The van der Waals surface area contributed by atoms with Gasteiger partial charge in [0.15, 0.2) is 0 Å². The van der Waals surface area contributed by atoms with Gasteiger partial charge in [-0.05, 0) is 38.8 Å². The van der Waals surface area contributed by atoms with Gasteiger partial charge >= 0.3 is 7.60 Å². The van der Waals surface area contributed by atoms with E-state index in [1.165, 1.54) is 6.26 Å². The summed E-state index contributed by atoms with van der Waals surface area (Å²) in [6.07, 6.45) is 1.36. The van der Waals surface area contributed by atoms with Gasteiger partial charge in [0.1, 0.15) is 11.6 Å². The van der Waals surface area contributed by atoms with E-state index in [2.05, 4.69) is 11.8 Å². The van der Waals surface area contributed by atoms with Gasteiger partial charge in [-0.3, -0.25) is 4.57 Å². The molecule has 0 amide bonds. The van der Waals surface area contributed by atoms with Crippen molar-refractivity contribution in [1.82, 2.24) is 0 Å². The molecule has 0 heterocycles. The maximum absolute atomic E-state index is 12.7. The zero-order valence-electron chi connectivity index (χ0n) is 12.7. The monoisotopic (exact) mass is 308 g/mol. The molecule has 1 aromatic rings. The van der Waals surface area contributed by atoms with Gasteiger partial charge in [-0.2, -0.15) is 0 Å². The Hall–Kier alpha value is -1.53. The first-order valence-electron chi connectivity index (χ1n) is 6.94. The van der Waals surface area contributed by atoms with E-state index in [9.17, 15) is 4.57 Å². The van der Waals surface area contributed by atoms with Crippen LogP contribution in [0.4, 0.5) is 0 Å². The maximum atomic E-state index is 12.7. The first-order chi connectivity index (χ1) is 10.2. The molecule has 0 aliphatic rings. The fraction of sp³-hybridized carbons (Fsp3) is 0.375. The van der Waals surface area contributed by atoms with Crippen LogP contribution in [0.15, 0.2) is 41.9 Å². The van der Waals surface area contributed by atoms with Crippen LogP contribution in [0.5, 0.6) is 0 Å². The van der Waals surface area contributed by atoms with Crippen LogP contribution in [-0.2, 0) is 18.3 Å². The number of ether oxygens (including phenoxy) is 1. The molecule has 21 heavy (non-hydrogen) atoms. The van der Waals surface area contributed by atoms with Gasteiger partial charge in [-0.15, -0.1) is 0 Å². The molecule has 0 saturated carbocycles. The Labute approximate surface area is 126 Å². The van der Waals surface area contributed by atoms with Gasteiger partial charge in [0.25, 0.3) is 0 Å². The molecule has 5 heteroatoms. The lowest BCUT2D eigenvalue weighted by Crippen LogP contribution is -1.99. The van der Waals surface area contributed by atoms with Crippen molar-refractivity contribution in [2.45, 2.75) is 20.8 Å². The van der Waals surface area contributed by atoms with Crippen LogP contribution in [0.1, 0.15) is 26.3 Å². The fourth-order valence-corrected chi connectivity index (χ4v) is 2.93. The number of benzene rings is 1. The van der Waals surface area contributed by atoms with Gasteiger partial charge in [-0.25, -0.2) is 0 Å². The normalized spacial score (nSPS) is 11.7. The molecule has 4 nitrogen and oxygen atoms in total. The second kappa shape index (κ2) is 9.41. The molecule has 1 rings (SSSR count).